The third-order valence-corrected chi connectivity index (χ3v) is 2.35. The molecule has 0 aliphatic carbocycles. The molecule has 1 rings (SSSR count). The van der Waals surface area contributed by atoms with Crippen LogP contribution in [-0.4, -0.2) is 32.2 Å². The summed E-state index contributed by atoms with van der Waals surface area (Å²) in [5.41, 5.74) is 0. The minimum absolute atomic E-state index is 0.254. The summed E-state index contributed by atoms with van der Waals surface area (Å²) in [5, 5.41) is 7.71. The van der Waals surface area contributed by atoms with Gasteiger partial charge in [0.15, 0.2) is 5.13 Å². The van der Waals surface area contributed by atoms with Crippen LogP contribution in [0.5, 0.6) is 0 Å². The van der Waals surface area contributed by atoms with Crippen molar-refractivity contribution in [3.05, 3.63) is 5.38 Å². The number of aromatic nitrogens is 1. The smallest absolute Gasteiger partial charge is 0.320 e. The summed E-state index contributed by atoms with van der Waals surface area (Å²) in [6.45, 7) is 0. The van der Waals surface area contributed by atoms with Crippen molar-refractivity contribution in [3.63, 3.8) is 0 Å². The quantitative estimate of drug-likeness (QED) is 0.747. The van der Waals surface area contributed by atoms with Crippen LogP contribution in [0.15, 0.2) is 5.38 Å². The Kier molecular flexibility index (Phi) is 3.07. The topological polar surface area (TPSA) is 57.3 Å². The first-order valence-corrected chi connectivity index (χ1v) is 4.63. The maximum absolute atomic E-state index is 10.9. The molecule has 0 aromatic carbocycles. The van der Waals surface area contributed by atoms with Crippen LogP contribution in [0.2, 0.25) is 0 Å². The molecule has 0 fully saturated rings. The molecule has 0 saturated heterocycles. The van der Waals surface area contributed by atoms with Crippen molar-refractivity contribution in [2.24, 2.45) is 0 Å². The second-order valence-corrected chi connectivity index (χ2v) is 3.45. The van der Waals surface area contributed by atoms with Crippen LogP contribution < -0.4 is 15.5 Å². The van der Waals surface area contributed by atoms with Gasteiger partial charge in [-0.15, -0.1) is 11.3 Å². The summed E-state index contributed by atoms with van der Waals surface area (Å²) in [5.74, 6) is 0.577. The molecule has 72 valence electrons. The van der Waals surface area contributed by atoms with E-state index in [1.54, 1.807) is 12.4 Å². The fraction of sp³-hybridized carbons (Fsp3) is 0.429. The monoisotopic (exact) mass is 200 g/mol. The molecule has 1 heterocycles. The molecule has 0 aliphatic heterocycles. The Morgan fingerprint density at radius 2 is 2.31 bits per heavy atom. The first-order chi connectivity index (χ1) is 6.13. The predicted octanol–water partition coefficient (Wildman–Crippen LogP) is 0.960. The average Bonchev–Trinajstić information content (AvgIpc) is 2.52. The van der Waals surface area contributed by atoms with Gasteiger partial charge in [-0.1, -0.05) is 0 Å². The van der Waals surface area contributed by atoms with Crippen molar-refractivity contribution >= 4 is 28.3 Å². The number of nitrogens with one attached hydrogen (secondary N) is 2. The Hall–Kier alpha value is -1.30. The third kappa shape index (κ3) is 2.59. The predicted molar refractivity (Wildman–Crippen MR) is 54.5 cm³/mol. The van der Waals surface area contributed by atoms with E-state index in [4.69, 9.17) is 0 Å². The number of nitrogens with zero attached hydrogens (tertiary/aromatic N) is 2. The molecule has 0 radical (unpaired) electrons. The van der Waals surface area contributed by atoms with Gasteiger partial charge in [-0.05, 0) is 0 Å². The Morgan fingerprint density at radius 1 is 1.62 bits per heavy atom. The zero-order valence-electron chi connectivity index (χ0n) is 7.79. The van der Waals surface area contributed by atoms with Gasteiger partial charge >= 0.3 is 6.03 Å². The van der Waals surface area contributed by atoms with E-state index in [0.29, 0.717) is 5.82 Å². The standard InChI is InChI=1S/C7H12N4OS/c1-8-6(12)9-5-4-13-7(10-5)11(2)3/h4H,1-3H3,(H2,8,9,12). The van der Waals surface area contributed by atoms with Crippen molar-refractivity contribution in [2.75, 3.05) is 31.4 Å². The number of thiazole rings is 1. The van der Waals surface area contributed by atoms with Crippen LogP contribution in [-0.2, 0) is 0 Å². The molecule has 2 N–H and O–H groups in total. The van der Waals surface area contributed by atoms with Crippen molar-refractivity contribution in [1.29, 1.82) is 0 Å². The van der Waals surface area contributed by atoms with Crippen LogP contribution >= 0.6 is 11.3 Å². The lowest BCUT2D eigenvalue weighted by molar-refractivity contribution is 0.254. The van der Waals surface area contributed by atoms with Gasteiger partial charge in [-0.2, -0.15) is 0 Å². The molecule has 1 aromatic rings. The van der Waals surface area contributed by atoms with Gasteiger partial charge in [0.25, 0.3) is 0 Å². The second-order valence-electron chi connectivity index (χ2n) is 2.61. The lowest BCUT2D eigenvalue weighted by atomic mass is 10.7. The van der Waals surface area contributed by atoms with Gasteiger partial charge in [-0.3, -0.25) is 5.32 Å². The molecule has 6 heteroatoms. The summed E-state index contributed by atoms with van der Waals surface area (Å²) in [4.78, 5) is 16.9. The van der Waals surface area contributed by atoms with E-state index >= 15 is 0 Å². The lowest BCUT2D eigenvalue weighted by Crippen LogP contribution is -2.24. The molecule has 5 nitrogen and oxygen atoms in total. The van der Waals surface area contributed by atoms with Gasteiger partial charge in [0.2, 0.25) is 0 Å². The number of amides is 2. The van der Waals surface area contributed by atoms with E-state index in [2.05, 4.69) is 15.6 Å². The number of carbonyl (C=O) groups is 1. The third-order valence-electron chi connectivity index (χ3n) is 1.34. The summed E-state index contributed by atoms with van der Waals surface area (Å²) < 4.78 is 0. The number of carbonyl (C=O) groups excluding carboxylic acids is 1. The van der Waals surface area contributed by atoms with Crippen LogP contribution in [0, 0.1) is 0 Å². The minimum Gasteiger partial charge on any atom is -0.354 e. The number of rotatable bonds is 2. The van der Waals surface area contributed by atoms with E-state index in [-0.39, 0.29) is 6.03 Å². The Morgan fingerprint density at radius 3 is 2.77 bits per heavy atom. The Bertz CT molecular complexity index is 296. The van der Waals surface area contributed by atoms with E-state index in [1.807, 2.05) is 19.0 Å². The number of anilines is 2. The summed E-state index contributed by atoms with van der Waals surface area (Å²) in [6.07, 6.45) is 0. The highest BCUT2D eigenvalue weighted by Crippen LogP contribution is 2.20. The van der Waals surface area contributed by atoms with Gasteiger partial charge in [0.1, 0.15) is 5.82 Å². The highest BCUT2D eigenvalue weighted by Gasteiger charge is 2.04. The van der Waals surface area contributed by atoms with E-state index < -0.39 is 0 Å². The van der Waals surface area contributed by atoms with Crippen LogP contribution in [0.1, 0.15) is 0 Å². The van der Waals surface area contributed by atoms with Gasteiger partial charge in [0, 0.05) is 26.5 Å². The summed E-state index contributed by atoms with van der Waals surface area (Å²) in [7, 11) is 5.37. The first kappa shape index (κ1) is 9.79. The minimum atomic E-state index is -0.254. The average molecular weight is 200 g/mol. The SMILES string of the molecule is CNC(=O)Nc1csc(N(C)C)n1. The number of hydrogen-bond donors (Lipinski definition) is 2. The maximum atomic E-state index is 10.9. The zero-order chi connectivity index (χ0) is 9.84. The highest BCUT2D eigenvalue weighted by atomic mass is 32.1. The zero-order valence-corrected chi connectivity index (χ0v) is 8.60. The van der Waals surface area contributed by atoms with Gasteiger partial charge in [0.05, 0.1) is 0 Å². The molecule has 0 unspecified atom stereocenters. The second kappa shape index (κ2) is 4.08. The van der Waals surface area contributed by atoms with E-state index in [9.17, 15) is 4.79 Å². The molecule has 1 aromatic heterocycles. The van der Waals surface area contributed by atoms with Crippen molar-refractivity contribution in [1.82, 2.24) is 10.3 Å². The van der Waals surface area contributed by atoms with Crippen LogP contribution in [0.4, 0.5) is 15.7 Å². The fourth-order valence-corrected chi connectivity index (χ4v) is 1.40. The molecule has 0 aliphatic rings. The molecule has 2 amide bonds. The molecule has 0 atom stereocenters. The fourth-order valence-electron chi connectivity index (χ4n) is 0.706. The lowest BCUT2D eigenvalue weighted by Gasteiger charge is -2.05. The Balaban J connectivity index is 2.64. The molecular formula is C7H12N4OS. The van der Waals surface area contributed by atoms with Crippen molar-refractivity contribution in [2.45, 2.75) is 0 Å². The van der Waals surface area contributed by atoms with Crippen molar-refractivity contribution < 1.29 is 4.79 Å². The summed E-state index contributed by atoms with van der Waals surface area (Å²) >= 11 is 1.48. The molecular weight excluding hydrogens is 188 g/mol. The summed E-state index contributed by atoms with van der Waals surface area (Å²) in [6, 6.07) is -0.254. The molecule has 13 heavy (non-hydrogen) atoms. The van der Waals surface area contributed by atoms with Crippen molar-refractivity contribution in [3.8, 4) is 0 Å². The molecule has 0 spiro atoms. The van der Waals surface area contributed by atoms with Crippen LogP contribution in [0.25, 0.3) is 0 Å². The molecule has 0 saturated carbocycles. The van der Waals surface area contributed by atoms with Crippen LogP contribution in [0.3, 0.4) is 0 Å². The van der Waals surface area contributed by atoms with E-state index in [1.165, 1.54) is 11.3 Å². The maximum Gasteiger partial charge on any atom is 0.320 e. The van der Waals surface area contributed by atoms with E-state index in [0.717, 1.165) is 5.13 Å². The Labute approximate surface area is 80.8 Å². The normalized spacial score (nSPS) is 9.46. The highest BCUT2D eigenvalue weighted by molar-refractivity contribution is 7.14. The largest absolute Gasteiger partial charge is 0.354 e. The number of hydrogen-bond acceptors (Lipinski definition) is 4. The first-order valence-electron chi connectivity index (χ1n) is 3.75. The molecule has 0 bridgehead atoms. The van der Waals surface area contributed by atoms with Gasteiger partial charge < -0.3 is 10.2 Å². The van der Waals surface area contributed by atoms with Gasteiger partial charge in [-0.25, -0.2) is 9.78 Å². The number of urea groups is 1.